The predicted molar refractivity (Wildman–Crippen MR) is 77.9 cm³/mol. The third-order valence-corrected chi connectivity index (χ3v) is 3.59. The van der Waals surface area contributed by atoms with E-state index in [0.29, 0.717) is 18.7 Å². The van der Waals surface area contributed by atoms with E-state index in [1.807, 2.05) is 20.8 Å². The van der Waals surface area contributed by atoms with Gasteiger partial charge in [0.1, 0.15) is 17.0 Å². The monoisotopic (exact) mass is 295 g/mol. The van der Waals surface area contributed by atoms with Gasteiger partial charge in [-0.25, -0.2) is 9.18 Å². The summed E-state index contributed by atoms with van der Waals surface area (Å²) in [5, 5.41) is 9.27. The van der Waals surface area contributed by atoms with Crippen LogP contribution in [0.2, 0.25) is 0 Å². The first-order valence-electron chi connectivity index (χ1n) is 7.16. The summed E-state index contributed by atoms with van der Waals surface area (Å²) in [7, 11) is 0. The smallest absolute Gasteiger partial charge is 0.410 e. The van der Waals surface area contributed by atoms with Crippen molar-refractivity contribution in [2.45, 2.75) is 44.9 Å². The summed E-state index contributed by atoms with van der Waals surface area (Å²) < 4.78 is 20.2. The lowest BCUT2D eigenvalue weighted by molar-refractivity contribution is 0.00221. The van der Waals surface area contributed by atoms with Crippen LogP contribution in [-0.4, -0.2) is 34.8 Å². The molecule has 5 heteroatoms. The van der Waals surface area contributed by atoms with Crippen LogP contribution in [0, 0.1) is 0 Å². The van der Waals surface area contributed by atoms with E-state index in [4.69, 9.17) is 4.74 Å². The van der Waals surface area contributed by atoms with E-state index >= 15 is 0 Å². The lowest BCUT2D eigenvalue weighted by Crippen LogP contribution is -2.45. The van der Waals surface area contributed by atoms with Crippen molar-refractivity contribution >= 4 is 6.09 Å². The maximum Gasteiger partial charge on any atom is 0.410 e. The van der Waals surface area contributed by atoms with Gasteiger partial charge in [0.25, 0.3) is 0 Å². The predicted octanol–water partition coefficient (Wildman–Crippen LogP) is 3.59. The zero-order chi connectivity index (χ0) is 15.7. The first-order chi connectivity index (χ1) is 9.70. The molecular weight excluding hydrogens is 273 g/mol. The molecular formula is C16H22FNO3. The molecule has 4 nitrogen and oxygen atoms in total. The molecule has 1 aliphatic rings. The van der Waals surface area contributed by atoms with Crippen LogP contribution in [0.5, 0.6) is 5.75 Å². The van der Waals surface area contributed by atoms with Gasteiger partial charge in [-0.15, -0.1) is 0 Å². The number of ether oxygens (including phenoxy) is 1. The standard InChI is InChI=1S/C16H22FNO3/c1-15(2,3)21-14(20)18-10-8-16(17,9-11-18)12-4-6-13(19)7-5-12/h4-7,19H,8-11H2,1-3H3. The highest BCUT2D eigenvalue weighted by molar-refractivity contribution is 5.68. The molecule has 0 aliphatic carbocycles. The Hall–Kier alpha value is -1.78. The second kappa shape index (κ2) is 5.54. The van der Waals surface area contributed by atoms with E-state index in [9.17, 15) is 14.3 Å². The Morgan fingerprint density at radius 1 is 1.24 bits per heavy atom. The summed E-state index contributed by atoms with van der Waals surface area (Å²) >= 11 is 0. The number of amides is 1. The molecule has 1 heterocycles. The van der Waals surface area contributed by atoms with Gasteiger partial charge in [-0.1, -0.05) is 12.1 Å². The Morgan fingerprint density at radius 3 is 2.24 bits per heavy atom. The maximum absolute atomic E-state index is 15.0. The van der Waals surface area contributed by atoms with E-state index in [1.165, 1.54) is 12.1 Å². The van der Waals surface area contributed by atoms with Crippen LogP contribution in [-0.2, 0) is 10.4 Å². The SMILES string of the molecule is CC(C)(C)OC(=O)N1CCC(F)(c2ccc(O)cc2)CC1. The van der Waals surface area contributed by atoms with Gasteiger partial charge in [0.05, 0.1) is 0 Å². The van der Waals surface area contributed by atoms with Gasteiger partial charge < -0.3 is 14.7 Å². The first-order valence-corrected chi connectivity index (χ1v) is 7.16. The molecule has 2 rings (SSSR count). The molecule has 0 spiro atoms. The lowest BCUT2D eigenvalue weighted by atomic mass is 9.86. The molecule has 1 aromatic rings. The maximum atomic E-state index is 15.0. The highest BCUT2D eigenvalue weighted by atomic mass is 19.1. The van der Waals surface area contributed by atoms with Gasteiger partial charge in [0.15, 0.2) is 0 Å². The summed E-state index contributed by atoms with van der Waals surface area (Å²) in [6.07, 6.45) is 0.0730. The van der Waals surface area contributed by atoms with E-state index in [-0.39, 0.29) is 18.6 Å². The fourth-order valence-electron chi connectivity index (χ4n) is 2.42. The van der Waals surface area contributed by atoms with Gasteiger partial charge in [0, 0.05) is 25.9 Å². The number of carbonyl (C=O) groups is 1. The number of piperidine rings is 1. The van der Waals surface area contributed by atoms with Crippen LogP contribution >= 0.6 is 0 Å². The quantitative estimate of drug-likeness (QED) is 0.861. The van der Waals surface area contributed by atoms with Gasteiger partial charge >= 0.3 is 6.09 Å². The van der Waals surface area contributed by atoms with E-state index in [2.05, 4.69) is 0 Å². The Balaban J connectivity index is 1.99. The Morgan fingerprint density at radius 2 is 1.76 bits per heavy atom. The molecule has 0 bridgehead atoms. The molecule has 0 saturated carbocycles. The van der Waals surface area contributed by atoms with Gasteiger partial charge in [-0.05, 0) is 38.5 Å². The molecule has 1 aromatic carbocycles. The number of likely N-dealkylation sites (tertiary alicyclic amines) is 1. The van der Waals surface area contributed by atoms with Gasteiger partial charge in [-0.3, -0.25) is 0 Å². The van der Waals surface area contributed by atoms with Crippen LogP contribution in [0.15, 0.2) is 24.3 Å². The molecule has 1 N–H and O–H groups in total. The number of halogens is 1. The summed E-state index contributed by atoms with van der Waals surface area (Å²) in [6, 6.07) is 6.16. The molecule has 0 atom stereocenters. The molecule has 0 unspecified atom stereocenters. The van der Waals surface area contributed by atoms with Gasteiger partial charge in [0.2, 0.25) is 0 Å². The van der Waals surface area contributed by atoms with Crippen molar-refractivity contribution in [1.29, 1.82) is 0 Å². The second-order valence-electron chi connectivity index (χ2n) is 6.48. The van der Waals surface area contributed by atoms with Crippen molar-refractivity contribution in [3.05, 3.63) is 29.8 Å². The van der Waals surface area contributed by atoms with Crippen LogP contribution in [0.25, 0.3) is 0 Å². The molecule has 1 fully saturated rings. The molecule has 0 aromatic heterocycles. The summed E-state index contributed by atoms with van der Waals surface area (Å²) in [6.45, 7) is 6.08. The first kappa shape index (κ1) is 15.6. The number of hydrogen-bond donors (Lipinski definition) is 1. The fraction of sp³-hybridized carbons (Fsp3) is 0.562. The number of carbonyl (C=O) groups excluding carboxylic acids is 1. The van der Waals surface area contributed by atoms with Crippen molar-refractivity contribution in [2.24, 2.45) is 0 Å². The number of aromatic hydroxyl groups is 1. The Kier molecular flexibility index (Phi) is 4.12. The fourth-order valence-corrected chi connectivity index (χ4v) is 2.42. The molecule has 1 amide bonds. The van der Waals surface area contributed by atoms with Crippen molar-refractivity contribution in [3.63, 3.8) is 0 Å². The molecule has 116 valence electrons. The number of alkyl halides is 1. The topological polar surface area (TPSA) is 49.8 Å². The van der Waals surface area contributed by atoms with Crippen LogP contribution in [0.4, 0.5) is 9.18 Å². The Bertz CT molecular complexity index is 499. The highest BCUT2D eigenvalue weighted by Gasteiger charge is 2.38. The average Bonchev–Trinajstić information content (AvgIpc) is 2.38. The van der Waals surface area contributed by atoms with Crippen LogP contribution < -0.4 is 0 Å². The van der Waals surface area contributed by atoms with Crippen molar-refractivity contribution in [2.75, 3.05) is 13.1 Å². The third-order valence-electron chi connectivity index (χ3n) is 3.59. The largest absolute Gasteiger partial charge is 0.508 e. The van der Waals surface area contributed by atoms with E-state index < -0.39 is 17.4 Å². The number of phenols is 1. The lowest BCUT2D eigenvalue weighted by Gasteiger charge is -2.37. The molecule has 21 heavy (non-hydrogen) atoms. The summed E-state index contributed by atoms with van der Waals surface area (Å²) in [5.41, 5.74) is -1.45. The molecule has 1 saturated heterocycles. The molecule has 1 aliphatic heterocycles. The van der Waals surface area contributed by atoms with E-state index in [1.54, 1.807) is 17.0 Å². The normalized spacial score (nSPS) is 18.4. The summed E-state index contributed by atoms with van der Waals surface area (Å²) in [5.74, 6) is 0.119. The van der Waals surface area contributed by atoms with Crippen molar-refractivity contribution in [3.8, 4) is 5.75 Å². The number of rotatable bonds is 1. The van der Waals surface area contributed by atoms with Gasteiger partial charge in [-0.2, -0.15) is 0 Å². The van der Waals surface area contributed by atoms with E-state index in [0.717, 1.165) is 0 Å². The second-order valence-corrected chi connectivity index (χ2v) is 6.48. The average molecular weight is 295 g/mol. The minimum absolute atomic E-state index is 0.119. The zero-order valence-corrected chi connectivity index (χ0v) is 12.7. The highest BCUT2D eigenvalue weighted by Crippen LogP contribution is 2.37. The number of nitrogens with zero attached hydrogens (tertiary/aromatic N) is 1. The minimum atomic E-state index is -1.45. The number of phenolic OH excluding ortho intramolecular Hbond substituents is 1. The van der Waals surface area contributed by atoms with Crippen LogP contribution in [0.3, 0.4) is 0 Å². The van der Waals surface area contributed by atoms with Crippen molar-refractivity contribution < 1.29 is 19.0 Å². The minimum Gasteiger partial charge on any atom is -0.508 e. The third kappa shape index (κ3) is 3.86. The van der Waals surface area contributed by atoms with Crippen LogP contribution in [0.1, 0.15) is 39.2 Å². The Labute approximate surface area is 124 Å². The number of benzene rings is 1. The summed E-state index contributed by atoms with van der Waals surface area (Å²) in [4.78, 5) is 13.5. The van der Waals surface area contributed by atoms with Crippen molar-refractivity contribution in [1.82, 2.24) is 4.90 Å². The molecule has 0 radical (unpaired) electrons. The number of hydrogen-bond acceptors (Lipinski definition) is 3. The zero-order valence-electron chi connectivity index (χ0n) is 12.7.